The molecule has 0 atom stereocenters. The summed E-state index contributed by atoms with van der Waals surface area (Å²) in [6.07, 6.45) is -0.169. The van der Waals surface area contributed by atoms with Gasteiger partial charge in [0.05, 0.1) is 6.42 Å². The molecule has 7 heteroatoms. The van der Waals surface area contributed by atoms with Gasteiger partial charge in [-0.05, 0) is 26.0 Å². The first-order valence-corrected chi connectivity index (χ1v) is 6.45. The predicted molar refractivity (Wildman–Crippen MR) is 77.9 cm³/mol. The molecule has 7 nitrogen and oxygen atoms in total. The van der Waals surface area contributed by atoms with Gasteiger partial charge < -0.3 is 21.1 Å². The van der Waals surface area contributed by atoms with Gasteiger partial charge in [0, 0.05) is 12.2 Å². The summed E-state index contributed by atoms with van der Waals surface area (Å²) in [5.74, 6) is -1.45. The minimum atomic E-state index is -1.16. The maximum Gasteiger partial charge on any atom is 0.320 e. The molecule has 0 aliphatic carbocycles. The number of carbonyl (C=O) groups excluding carboxylic acids is 2. The number of amides is 3. The Bertz CT molecular complexity index is 514. The minimum Gasteiger partial charge on any atom is -0.481 e. The lowest BCUT2D eigenvalue weighted by atomic mass is 10.1. The van der Waals surface area contributed by atoms with Crippen molar-refractivity contribution in [1.29, 1.82) is 0 Å². The number of carboxylic acids is 1. The van der Waals surface area contributed by atoms with Crippen LogP contribution in [0.3, 0.4) is 0 Å². The van der Waals surface area contributed by atoms with Crippen LogP contribution in [0.5, 0.6) is 0 Å². The number of carbonyl (C=O) groups is 3. The van der Waals surface area contributed by atoms with Crippen molar-refractivity contribution in [3.05, 3.63) is 30.3 Å². The largest absolute Gasteiger partial charge is 0.481 e. The van der Waals surface area contributed by atoms with Gasteiger partial charge >= 0.3 is 12.0 Å². The molecule has 114 valence electrons. The van der Waals surface area contributed by atoms with Gasteiger partial charge in [0.15, 0.2) is 0 Å². The van der Waals surface area contributed by atoms with Crippen molar-refractivity contribution < 1.29 is 19.5 Å². The molecule has 0 bridgehead atoms. The number of anilines is 1. The number of urea groups is 1. The van der Waals surface area contributed by atoms with Crippen LogP contribution in [-0.2, 0) is 9.59 Å². The van der Waals surface area contributed by atoms with Crippen molar-refractivity contribution in [2.24, 2.45) is 0 Å². The maximum absolute atomic E-state index is 11.9. The molecule has 0 spiro atoms. The summed E-state index contributed by atoms with van der Waals surface area (Å²) in [5.41, 5.74) is -0.547. The van der Waals surface area contributed by atoms with Crippen LogP contribution in [0, 0.1) is 0 Å². The Labute approximate surface area is 122 Å². The molecule has 4 N–H and O–H groups in total. The lowest BCUT2D eigenvalue weighted by molar-refractivity contribution is -0.137. The second-order valence-corrected chi connectivity index (χ2v) is 4.97. The average Bonchev–Trinajstić information content (AvgIpc) is 2.38. The molecular weight excluding hydrogens is 274 g/mol. The topological polar surface area (TPSA) is 108 Å². The highest BCUT2D eigenvalue weighted by Crippen LogP contribution is 2.07. The Balaban J connectivity index is 2.48. The van der Waals surface area contributed by atoms with Gasteiger partial charge in [-0.15, -0.1) is 0 Å². The summed E-state index contributed by atoms with van der Waals surface area (Å²) in [6, 6.07) is 8.31. The van der Waals surface area contributed by atoms with Crippen molar-refractivity contribution in [2.45, 2.75) is 25.8 Å². The molecule has 0 aliphatic rings. The lowest BCUT2D eigenvalue weighted by Crippen LogP contribution is -2.56. The van der Waals surface area contributed by atoms with Gasteiger partial charge in [-0.3, -0.25) is 9.59 Å². The normalized spacial score (nSPS) is 10.6. The Hall–Kier alpha value is -2.57. The first kappa shape index (κ1) is 16.5. The number of para-hydroxylation sites is 1. The van der Waals surface area contributed by atoms with Crippen LogP contribution in [0.2, 0.25) is 0 Å². The SMILES string of the molecule is CC(C)(NC(=O)Nc1ccccc1)C(=O)NCCC(=O)O. The van der Waals surface area contributed by atoms with E-state index in [1.54, 1.807) is 24.3 Å². The third-order valence-corrected chi connectivity index (χ3v) is 2.65. The molecule has 0 unspecified atom stereocenters. The number of hydrogen-bond acceptors (Lipinski definition) is 3. The third kappa shape index (κ3) is 5.94. The first-order valence-electron chi connectivity index (χ1n) is 6.45. The number of hydrogen-bond donors (Lipinski definition) is 4. The van der Waals surface area contributed by atoms with Crippen LogP contribution in [0.15, 0.2) is 30.3 Å². The van der Waals surface area contributed by atoms with Crippen LogP contribution < -0.4 is 16.0 Å². The third-order valence-electron chi connectivity index (χ3n) is 2.65. The van der Waals surface area contributed by atoms with Crippen LogP contribution in [0.25, 0.3) is 0 Å². The molecule has 0 saturated carbocycles. The van der Waals surface area contributed by atoms with Crippen LogP contribution in [-0.4, -0.2) is 35.1 Å². The fourth-order valence-electron chi connectivity index (χ4n) is 1.53. The fraction of sp³-hybridized carbons (Fsp3) is 0.357. The molecule has 0 heterocycles. The van der Waals surface area contributed by atoms with Crippen molar-refractivity contribution in [3.63, 3.8) is 0 Å². The summed E-state index contributed by atoms with van der Waals surface area (Å²) >= 11 is 0. The van der Waals surface area contributed by atoms with Crippen LogP contribution in [0.4, 0.5) is 10.5 Å². The molecule has 1 aromatic carbocycles. The zero-order valence-electron chi connectivity index (χ0n) is 12.0. The van der Waals surface area contributed by atoms with E-state index in [0.717, 1.165) is 0 Å². The van der Waals surface area contributed by atoms with E-state index in [2.05, 4.69) is 16.0 Å². The number of aliphatic carboxylic acids is 1. The maximum atomic E-state index is 11.9. The Morgan fingerprint density at radius 1 is 1.14 bits per heavy atom. The highest BCUT2D eigenvalue weighted by atomic mass is 16.4. The molecular formula is C14H19N3O4. The molecule has 0 saturated heterocycles. The highest BCUT2D eigenvalue weighted by molar-refractivity contribution is 5.95. The van der Waals surface area contributed by atoms with E-state index in [-0.39, 0.29) is 13.0 Å². The van der Waals surface area contributed by atoms with Crippen molar-refractivity contribution in [3.8, 4) is 0 Å². The predicted octanol–water partition coefficient (Wildman–Crippen LogP) is 1.18. The lowest BCUT2D eigenvalue weighted by Gasteiger charge is -2.25. The van der Waals surface area contributed by atoms with Gasteiger partial charge in [0.2, 0.25) is 5.91 Å². The second kappa shape index (κ2) is 7.28. The number of rotatable bonds is 6. The smallest absolute Gasteiger partial charge is 0.320 e. The highest BCUT2D eigenvalue weighted by Gasteiger charge is 2.29. The summed E-state index contributed by atoms with van der Waals surface area (Å²) in [7, 11) is 0. The summed E-state index contributed by atoms with van der Waals surface area (Å²) in [6.45, 7) is 3.08. The molecule has 0 aromatic heterocycles. The number of nitrogens with one attached hydrogen (secondary N) is 3. The monoisotopic (exact) mass is 293 g/mol. The quantitative estimate of drug-likeness (QED) is 0.631. The average molecular weight is 293 g/mol. The molecule has 3 amide bonds. The Kier molecular flexibility index (Phi) is 5.71. The van der Waals surface area contributed by atoms with Gasteiger partial charge in [-0.25, -0.2) is 4.79 Å². The van der Waals surface area contributed by atoms with Crippen molar-refractivity contribution in [2.75, 3.05) is 11.9 Å². The summed E-state index contributed by atoms with van der Waals surface area (Å²) in [4.78, 5) is 34.1. The standard InChI is InChI=1S/C14H19N3O4/c1-14(2,12(20)15-9-8-11(18)19)17-13(21)16-10-6-4-3-5-7-10/h3-7H,8-9H2,1-2H3,(H,15,20)(H,18,19)(H2,16,17,21). The van der Waals surface area contributed by atoms with E-state index >= 15 is 0 Å². The van der Waals surface area contributed by atoms with Gasteiger partial charge in [0.1, 0.15) is 5.54 Å². The molecule has 21 heavy (non-hydrogen) atoms. The van der Waals surface area contributed by atoms with E-state index in [4.69, 9.17) is 5.11 Å². The summed E-state index contributed by atoms with van der Waals surface area (Å²) < 4.78 is 0. The van der Waals surface area contributed by atoms with E-state index in [1.807, 2.05) is 6.07 Å². The first-order chi connectivity index (χ1) is 9.81. The molecule has 0 fully saturated rings. The van der Waals surface area contributed by atoms with Crippen molar-refractivity contribution in [1.82, 2.24) is 10.6 Å². The zero-order valence-corrected chi connectivity index (χ0v) is 12.0. The van der Waals surface area contributed by atoms with Crippen LogP contribution in [0.1, 0.15) is 20.3 Å². The van der Waals surface area contributed by atoms with Gasteiger partial charge in [-0.1, -0.05) is 18.2 Å². The molecule has 1 aromatic rings. The Morgan fingerprint density at radius 3 is 2.33 bits per heavy atom. The summed E-state index contributed by atoms with van der Waals surface area (Å²) in [5, 5.41) is 16.1. The fourth-order valence-corrected chi connectivity index (χ4v) is 1.53. The van der Waals surface area contributed by atoms with E-state index in [9.17, 15) is 14.4 Å². The Morgan fingerprint density at radius 2 is 1.76 bits per heavy atom. The minimum absolute atomic E-state index is 0.0135. The van der Waals surface area contributed by atoms with Crippen molar-refractivity contribution >= 4 is 23.6 Å². The number of carboxylic acid groups (broad SMARTS) is 1. The molecule has 1 rings (SSSR count). The van der Waals surface area contributed by atoms with Gasteiger partial charge in [0.25, 0.3) is 0 Å². The van der Waals surface area contributed by atoms with Gasteiger partial charge in [-0.2, -0.15) is 0 Å². The van der Waals surface area contributed by atoms with E-state index in [1.165, 1.54) is 13.8 Å². The zero-order chi connectivity index (χ0) is 15.9. The molecule has 0 aliphatic heterocycles. The van der Waals surface area contributed by atoms with E-state index < -0.39 is 23.4 Å². The second-order valence-electron chi connectivity index (χ2n) is 4.97. The molecule has 0 radical (unpaired) electrons. The van der Waals surface area contributed by atoms with E-state index in [0.29, 0.717) is 5.69 Å². The van der Waals surface area contributed by atoms with Crippen LogP contribution >= 0.6 is 0 Å². The number of benzene rings is 1.